The summed E-state index contributed by atoms with van der Waals surface area (Å²) in [5, 5.41) is 13.2. The van der Waals surface area contributed by atoms with Gasteiger partial charge in [0, 0.05) is 34.7 Å². The number of aromatic nitrogens is 3. The van der Waals surface area contributed by atoms with Crippen LogP contribution in [-0.2, 0) is 19.4 Å². The number of hydrogen-bond acceptors (Lipinski definition) is 8. The number of thiophene rings is 1. The first-order valence-electron chi connectivity index (χ1n) is 9.27. The van der Waals surface area contributed by atoms with E-state index in [1.807, 2.05) is 0 Å². The minimum absolute atomic E-state index is 0.0592. The number of nitro benzene ring substituents is 1. The summed E-state index contributed by atoms with van der Waals surface area (Å²) >= 11 is 3.43. The molecule has 0 amide bonds. The van der Waals surface area contributed by atoms with Crippen LogP contribution in [-0.4, -0.2) is 25.2 Å². The van der Waals surface area contributed by atoms with Crippen molar-refractivity contribution in [3.05, 3.63) is 55.6 Å². The second-order valence-corrected chi connectivity index (χ2v) is 9.01. The fourth-order valence-electron chi connectivity index (χ4n) is 3.78. The summed E-state index contributed by atoms with van der Waals surface area (Å²) in [6.45, 7) is 0.427. The highest BCUT2D eigenvalue weighted by Crippen LogP contribution is 2.40. The highest BCUT2D eigenvalue weighted by molar-refractivity contribution is 7.99. The van der Waals surface area contributed by atoms with Gasteiger partial charge in [-0.3, -0.25) is 14.7 Å². The molecule has 0 bridgehead atoms. The highest BCUT2D eigenvalue weighted by Gasteiger charge is 2.21. The molecule has 3 aromatic heterocycles. The third-order valence-corrected chi connectivity index (χ3v) is 7.37. The Kier molecular flexibility index (Phi) is 4.59. The van der Waals surface area contributed by atoms with Crippen molar-refractivity contribution in [2.24, 2.45) is 0 Å². The molecule has 0 saturated heterocycles. The van der Waals surface area contributed by atoms with Gasteiger partial charge in [-0.1, -0.05) is 0 Å². The van der Waals surface area contributed by atoms with Crippen molar-refractivity contribution in [2.75, 3.05) is 5.75 Å². The number of thioether (sulfide) groups is 1. The van der Waals surface area contributed by atoms with Crippen LogP contribution in [0.3, 0.4) is 0 Å². The van der Waals surface area contributed by atoms with Gasteiger partial charge in [0.25, 0.3) is 5.69 Å². The number of benzene rings is 1. The van der Waals surface area contributed by atoms with Gasteiger partial charge >= 0.3 is 5.76 Å². The van der Waals surface area contributed by atoms with E-state index in [1.54, 1.807) is 29.4 Å². The topological polar surface area (TPSA) is 104 Å². The Morgan fingerprint density at radius 2 is 2.21 bits per heavy atom. The lowest BCUT2D eigenvalue weighted by atomic mass is 10.2. The van der Waals surface area contributed by atoms with Crippen LogP contribution in [0.25, 0.3) is 21.3 Å². The molecular weight excluding hydrogens is 412 g/mol. The molecule has 0 radical (unpaired) electrons. The average Bonchev–Trinajstić information content (AvgIpc) is 3.37. The third kappa shape index (κ3) is 3.22. The molecule has 0 fully saturated rings. The van der Waals surface area contributed by atoms with Gasteiger partial charge in [-0.05, 0) is 37.3 Å². The normalized spacial score (nSPS) is 13.4. The molecule has 5 rings (SSSR count). The fraction of sp³-hybridized carbons (Fsp3) is 0.316. The molecular formula is C19H16N4O4S2. The number of fused-ring (bicyclic) bond motifs is 4. The van der Waals surface area contributed by atoms with E-state index in [0.717, 1.165) is 28.5 Å². The van der Waals surface area contributed by atoms with Crippen molar-refractivity contribution in [1.29, 1.82) is 0 Å². The van der Waals surface area contributed by atoms with Crippen LogP contribution in [0.15, 0.2) is 38.8 Å². The molecule has 0 atom stereocenters. The lowest BCUT2D eigenvalue weighted by molar-refractivity contribution is -0.384. The van der Waals surface area contributed by atoms with Gasteiger partial charge in [0.15, 0.2) is 5.58 Å². The minimum atomic E-state index is -0.495. The Hall–Kier alpha value is -2.72. The number of nitro groups is 1. The van der Waals surface area contributed by atoms with E-state index in [0.29, 0.717) is 24.1 Å². The third-order valence-electron chi connectivity index (χ3n) is 5.09. The van der Waals surface area contributed by atoms with Gasteiger partial charge < -0.3 is 4.42 Å². The fourth-order valence-corrected chi connectivity index (χ4v) is 6.02. The zero-order chi connectivity index (χ0) is 20.0. The lowest BCUT2D eigenvalue weighted by Crippen LogP contribution is -2.14. The van der Waals surface area contributed by atoms with Gasteiger partial charge in [-0.25, -0.2) is 14.8 Å². The standard InChI is InChI=1S/C19H16N4O4S2/c24-19-22(13-9-11(23(25)26)5-6-14(13)27-19)7-2-8-28-17-16-12-3-1-4-15(12)29-18(16)21-10-20-17/h5-6,9-10H,1-4,7-8H2. The van der Waals surface area contributed by atoms with Crippen LogP contribution in [0, 0.1) is 10.1 Å². The molecule has 1 aromatic carbocycles. The second-order valence-electron chi connectivity index (χ2n) is 6.85. The second kappa shape index (κ2) is 7.27. The number of rotatable bonds is 6. The Labute approximate surface area is 172 Å². The average molecular weight is 428 g/mol. The summed E-state index contributed by atoms with van der Waals surface area (Å²) in [6.07, 6.45) is 5.73. The number of hydrogen-bond donors (Lipinski definition) is 0. The number of oxazole rings is 1. The predicted octanol–water partition coefficient (Wildman–Crippen LogP) is 4.18. The summed E-state index contributed by atoms with van der Waals surface area (Å²) in [7, 11) is 0. The Bertz CT molecular complexity index is 1310. The monoisotopic (exact) mass is 428 g/mol. The summed E-state index contributed by atoms with van der Waals surface area (Å²) in [5.74, 6) is 0.274. The molecule has 0 saturated carbocycles. The molecule has 148 valence electrons. The zero-order valence-electron chi connectivity index (χ0n) is 15.3. The summed E-state index contributed by atoms with van der Waals surface area (Å²) in [4.78, 5) is 34.1. The van der Waals surface area contributed by atoms with Crippen molar-refractivity contribution in [1.82, 2.24) is 14.5 Å². The van der Waals surface area contributed by atoms with Crippen molar-refractivity contribution in [2.45, 2.75) is 37.3 Å². The molecule has 8 nitrogen and oxygen atoms in total. The predicted molar refractivity (Wildman–Crippen MR) is 112 cm³/mol. The van der Waals surface area contributed by atoms with Crippen molar-refractivity contribution in [3.8, 4) is 0 Å². The molecule has 10 heteroatoms. The Morgan fingerprint density at radius 3 is 3.07 bits per heavy atom. The van der Waals surface area contributed by atoms with E-state index in [2.05, 4.69) is 9.97 Å². The van der Waals surface area contributed by atoms with Gasteiger partial charge in [0.1, 0.15) is 16.2 Å². The van der Waals surface area contributed by atoms with E-state index in [1.165, 1.54) is 45.0 Å². The SMILES string of the molecule is O=c1oc2ccc([N+](=O)[O-])cc2n1CCCSc1ncnc2sc3c(c12)CCC3. The molecule has 0 unspecified atom stereocenters. The van der Waals surface area contributed by atoms with Crippen LogP contribution in [0.4, 0.5) is 5.69 Å². The zero-order valence-corrected chi connectivity index (χ0v) is 16.9. The Balaban J connectivity index is 1.33. The number of aryl methyl sites for hydroxylation is 3. The lowest BCUT2D eigenvalue weighted by Gasteiger charge is -2.05. The van der Waals surface area contributed by atoms with Crippen LogP contribution in [0.2, 0.25) is 0 Å². The van der Waals surface area contributed by atoms with E-state index in [4.69, 9.17) is 4.42 Å². The van der Waals surface area contributed by atoms with Crippen molar-refractivity contribution < 1.29 is 9.34 Å². The molecule has 1 aliphatic carbocycles. The van der Waals surface area contributed by atoms with Crippen LogP contribution in [0.5, 0.6) is 0 Å². The van der Waals surface area contributed by atoms with E-state index < -0.39 is 10.7 Å². The van der Waals surface area contributed by atoms with Crippen LogP contribution < -0.4 is 5.76 Å². The minimum Gasteiger partial charge on any atom is -0.408 e. The van der Waals surface area contributed by atoms with E-state index in [-0.39, 0.29) is 5.69 Å². The van der Waals surface area contributed by atoms with Crippen LogP contribution in [0.1, 0.15) is 23.3 Å². The summed E-state index contributed by atoms with van der Waals surface area (Å²) in [5.41, 5.74) is 2.16. The van der Waals surface area contributed by atoms with E-state index >= 15 is 0 Å². The maximum atomic E-state index is 12.2. The quantitative estimate of drug-likeness (QED) is 0.149. The van der Waals surface area contributed by atoms with Crippen LogP contribution >= 0.6 is 23.1 Å². The largest absolute Gasteiger partial charge is 0.419 e. The van der Waals surface area contributed by atoms with Crippen molar-refractivity contribution in [3.63, 3.8) is 0 Å². The first-order chi connectivity index (χ1) is 14.1. The van der Waals surface area contributed by atoms with Gasteiger partial charge in [0.2, 0.25) is 0 Å². The smallest absolute Gasteiger partial charge is 0.408 e. The molecule has 0 aliphatic heterocycles. The highest BCUT2D eigenvalue weighted by atomic mass is 32.2. The molecule has 1 aliphatic rings. The van der Waals surface area contributed by atoms with Gasteiger partial charge in [-0.2, -0.15) is 0 Å². The first kappa shape index (κ1) is 18.3. The summed E-state index contributed by atoms with van der Waals surface area (Å²) in [6, 6.07) is 4.19. The Morgan fingerprint density at radius 1 is 1.31 bits per heavy atom. The van der Waals surface area contributed by atoms with Gasteiger partial charge in [-0.15, -0.1) is 23.1 Å². The van der Waals surface area contributed by atoms with E-state index in [9.17, 15) is 14.9 Å². The number of non-ortho nitro benzene ring substituents is 1. The van der Waals surface area contributed by atoms with Crippen molar-refractivity contribution >= 4 is 50.1 Å². The molecule has 3 heterocycles. The molecule has 0 N–H and O–H groups in total. The summed E-state index contributed by atoms with van der Waals surface area (Å²) < 4.78 is 6.66. The molecule has 29 heavy (non-hydrogen) atoms. The molecule has 4 aromatic rings. The number of nitrogens with zero attached hydrogens (tertiary/aromatic N) is 4. The van der Waals surface area contributed by atoms with Gasteiger partial charge in [0.05, 0.1) is 10.4 Å². The molecule has 0 spiro atoms. The maximum absolute atomic E-state index is 12.2. The first-order valence-corrected chi connectivity index (χ1v) is 11.1. The maximum Gasteiger partial charge on any atom is 0.419 e.